The maximum atomic E-state index is 13.0. The maximum absolute atomic E-state index is 13.0. The lowest BCUT2D eigenvalue weighted by atomic mass is 10.2. The number of rotatable bonds is 4. The lowest BCUT2D eigenvalue weighted by Crippen LogP contribution is -2.14. The number of aromatic nitrogens is 4. The second-order valence-electron chi connectivity index (χ2n) is 3.26. The number of amides is 1. The number of nitrogens with zero attached hydrogens (tertiary/aromatic N) is 3. The molecule has 0 fully saturated rings. The summed E-state index contributed by atoms with van der Waals surface area (Å²) in [5.74, 6) is -0.872. The van der Waals surface area contributed by atoms with E-state index in [1.165, 1.54) is 18.2 Å². The molecule has 0 spiro atoms. The van der Waals surface area contributed by atoms with Crippen LogP contribution in [0.25, 0.3) is 0 Å². The zero-order valence-corrected chi connectivity index (χ0v) is 9.48. The summed E-state index contributed by atoms with van der Waals surface area (Å²) in [7, 11) is 0. The lowest BCUT2D eigenvalue weighted by Gasteiger charge is -2.10. The van der Waals surface area contributed by atoms with E-state index in [2.05, 4.69) is 25.9 Å². The summed E-state index contributed by atoms with van der Waals surface area (Å²) in [4.78, 5) is 11.7. The van der Waals surface area contributed by atoms with Crippen LogP contribution in [0.1, 0.15) is 17.5 Å². The molecule has 0 unspecified atom stereocenters. The van der Waals surface area contributed by atoms with Crippen LogP contribution in [0.5, 0.6) is 5.75 Å². The van der Waals surface area contributed by atoms with Gasteiger partial charge < -0.3 is 10.1 Å². The zero-order chi connectivity index (χ0) is 13.0. The van der Waals surface area contributed by atoms with Gasteiger partial charge in [-0.3, -0.25) is 4.79 Å². The minimum atomic E-state index is -0.559. The fourth-order valence-corrected chi connectivity index (χ4v) is 1.31. The Kier molecular flexibility index (Phi) is 3.46. The number of aromatic amines is 1. The van der Waals surface area contributed by atoms with Crippen LogP contribution in [0.3, 0.4) is 0 Å². The predicted octanol–water partition coefficient (Wildman–Crippen LogP) is 0.990. The van der Waals surface area contributed by atoms with Crippen molar-refractivity contribution in [1.82, 2.24) is 20.6 Å². The highest BCUT2D eigenvalue weighted by Gasteiger charge is 2.14. The SMILES string of the molecule is CCOc1cc(F)ccc1NC(=O)c1nn[nH]n1. The van der Waals surface area contributed by atoms with Gasteiger partial charge >= 0.3 is 0 Å². The largest absolute Gasteiger partial charge is 0.492 e. The zero-order valence-electron chi connectivity index (χ0n) is 9.48. The van der Waals surface area contributed by atoms with Crippen LogP contribution in [0, 0.1) is 5.82 Å². The fourth-order valence-electron chi connectivity index (χ4n) is 1.31. The summed E-state index contributed by atoms with van der Waals surface area (Å²) in [6.45, 7) is 2.12. The number of hydrogen-bond donors (Lipinski definition) is 2. The van der Waals surface area contributed by atoms with Crippen LogP contribution >= 0.6 is 0 Å². The summed E-state index contributed by atoms with van der Waals surface area (Å²) < 4.78 is 18.3. The van der Waals surface area contributed by atoms with Gasteiger partial charge in [-0.2, -0.15) is 5.21 Å². The number of halogens is 1. The van der Waals surface area contributed by atoms with Crippen molar-refractivity contribution < 1.29 is 13.9 Å². The van der Waals surface area contributed by atoms with E-state index in [-0.39, 0.29) is 11.6 Å². The van der Waals surface area contributed by atoms with Crippen molar-refractivity contribution in [2.75, 3.05) is 11.9 Å². The van der Waals surface area contributed by atoms with Gasteiger partial charge in [-0.1, -0.05) is 0 Å². The third-order valence-electron chi connectivity index (χ3n) is 2.04. The van der Waals surface area contributed by atoms with Gasteiger partial charge in [-0.15, -0.1) is 10.2 Å². The third-order valence-corrected chi connectivity index (χ3v) is 2.04. The van der Waals surface area contributed by atoms with Gasteiger partial charge in [0.05, 0.1) is 12.3 Å². The molecule has 8 heteroatoms. The standard InChI is InChI=1S/C10H10FN5O2/c1-2-18-8-5-6(11)3-4-7(8)12-10(17)9-13-15-16-14-9/h3-5H,2H2,1H3,(H,12,17)(H,13,14,15,16). The number of H-pyrrole nitrogens is 1. The van der Waals surface area contributed by atoms with Crippen LogP contribution in [-0.2, 0) is 0 Å². The van der Waals surface area contributed by atoms with Gasteiger partial charge in [0.1, 0.15) is 11.6 Å². The highest BCUT2D eigenvalue weighted by atomic mass is 19.1. The van der Waals surface area contributed by atoms with Gasteiger partial charge in [0.25, 0.3) is 11.7 Å². The average Bonchev–Trinajstić information content (AvgIpc) is 2.86. The topological polar surface area (TPSA) is 92.8 Å². The Morgan fingerprint density at radius 3 is 3.06 bits per heavy atom. The molecule has 0 saturated carbocycles. The Morgan fingerprint density at radius 2 is 2.39 bits per heavy atom. The second kappa shape index (κ2) is 5.21. The summed E-state index contributed by atoms with van der Waals surface area (Å²) in [6.07, 6.45) is 0. The van der Waals surface area contributed by atoms with Crippen LogP contribution < -0.4 is 10.1 Å². The number of tetrazole rings is 1. The molecule has 2 N–H and O–H groups in total. The molecule has 0 saturated heterocycles. The first kappa shape index (κ1) is 12.0. The van der Waals surface area contributed by atoms with Crippen molar-refractivity contribution in [2.45, 2.75) is 6.92 Å². The molecule has 0 aliphatic rings. The molecule has 0 radical (unpaired) electrons. The number of ether oxygens (including phenoxy) is 1. The molecule has 7 nitrogen and oxygen atoms in total. The summed E-state index contributed by atoms with van der Waals surface area (Å²) in [5, 5.41) is 15.0. The first-order valence-electron chi connectivity index (χ1n) is 5.18. The Balaban J connectivity index is 2.20. The normalized spacial score (nSPS) is 10.1. The monoisotopic (exact) mass is 251 g/mol. The van der Waals surface area contributed by atoms with Crippen LogP contribution in [0.2, 0.25) is 0 Å². The van der Waals surface area contributed by atoms with E-state index in [0.29, 0.717) is 12.3 Å². The third kappa shape index (κ3) is 2.59. The second-order valence-corrected chi connectivity index (χ2v) is 3.26. The van der Waals surface area contributed by atoms with Crippen LogP contribution in [0.15, 0.2) is 18.2 Å². The van der Waals surface area contributed by atoms with Crippen molar-refractivity contribution in [2.24, 2.45) is 0 Å². The van der Waals surface area contributed by atoms with Gasteiger partial charge in [0.15, 0.2) is 0 Å². The van der Waals surface area contributed by atoms with E-state index < -0.39 is 11.7 Å². The summed E-state index contributed by atoms with van der Waals surface area (Å²) in [5.41, 5.74) is 0.341. The Morgan fingerprint density at radius 1 is 1.56 bits per heavy atom. The van der Waals surface area contributed by atoms with Crippen molar-refractivity contribution in [3.05, 3.63) is 29.8 Å². The number of anilines is 1. The Hall–Kier alpha value is -2.51. The van der Waals surface area contributed by atoms with Crippen molar-refractivity contribution in [3.63, 3.8) is 0 Å². The first-order valence-corrected chi connectivity index (χ1v) is 5.18. The van der Waals surface area contributed by atoms with Crippen molar-refractivity contribution in [3.8, 4) is 5.75 Å². The van der Waals surface area contributed by atoms with Crippen LogP contribution in [-0.4, -0.2) is 33.1 Å². The van der Waals surface area contributed by atoms with Gasteiger partial charge in [-0.25, -0.2) is 4.39 Å². The molecule has 1 heterocycles. The minimum Gasteiger partial charge on any atom is -0.492 e. The van der Waals surface area contributed by atoms with E-state index in [9.17, 15) is 9.18 Å². The Bertz CT molecular complexity index is 543. The molecule has 1 aromatic carbocycles. The number of hydrogen-bond acceptors (Lipinski definition) is 5. The van der Waals surface area contributed by atoms with Crippen LogP contribution in [0.4, 0.5) is 10.1 Å². The van der Waals surface area contributed by atoms with E-state index in [1.54, 1.807) is 6.92 Å². The van der Waals surface area contributed by atoms with Gasteiger partial charge in [0, 0.05) is 6.07 Å². The number of carbonyl (C=O) groups is 1. The molecule has 1 aromatic heterocycles. The van der Waals surface area contributed by atoms with Crippen molar-refractivity contribution >= 4 is 11.6 Å². The van der Waals surface area contributed by atoms with Crippen molar-refractivity contribution in [1.29, 1.82) is 0 Å². The molecular formula is C10H10FN5O2. The molecule has 0 bridgehead atoms. The minimum absolute atomic E-state index is 0.109. The Labute approximate surface area is 101 Å². The first-order chi connectivity index (χ1) is 8.70. The number of carbonyl (C=O) groups excluding carboxylic acids is 1. The summed E-state index contributed by atoms with van der Waals surface area (Å²) in [6, 6.07) is 3.81. The molecule has 1 amide bonds. The van der Waals surface area contributed by atoms with E-state index in [4.69, 9.17) is 4.74 Å². The molecule has 94 valence electrons. The lowest BCUT2D eigenvalue weighted by molar-refractivity contribution is 0.101. The van der Waals surface area contributed by atoms with E-state index in [0.717, 1.165) is 0 Å². The molecule has 2 aromatic rings. The quantitative estimate of drug-likeness (QED) is 0.845. The van der Waals surface area contributed by atoms with Gasteiger partial charge in [0.2, 0.25) is 0 Å². The van der Waals surface area contributed by atoms with E-state index >= 15 is 0 Å². The number of benzene rings is 1. The highest BCUT2D eigenvalue weighted by Crippen LogP contribution is 2.25. The highest BCUT2D eigenvalue weighted by molar-refractivity contribution is 6.02. The molecule has 0 aliphatic carbocycles. The average molecular weight is 251 g/mol. The smallest absolute Gasteiger partial charge is 0.297 e. The molecule has 0 atom stereocenters. The molecule has 2 rings (SSSR count). The van der Waals surface area contributed by atoms with E-state index in [1.807, 2.05) is 0 Å². The maximum Gasteiger partial charge on any atom is 0.297 e. The number of nitrogens with one attached hydrogen (secondary N) is 2. The molecule has 18 heavy (non-hydrogen) atoms. The predicted molar refractivity (Wildman–Crippen MR) is 59.7 cm³/mol. The molecule has 0 aliphatic heterocycles. The summed E-state index contributed by atoms with van der Waals surface area (Å²) >= 11 is 0. The van der Waals surface area contributed by atoms with Gasteiger partial charge in [-0.05, 0) is 24.3 Å². The fraction of sp³-hybridized carbons (Fsp3) is 0.200. The molecular weight excluding hydrogens is 241 g/mol.